The van der Waals surface area contributed by atoms with Crippen molar-refractivity contribution in [2.75, 3.05) is 59.0 Å². The maximum atomic E-state index is 12.5. The molecule has 4 rings (SSSR count). The molecule has 0 radical (unpaired) electrons. The van der Waals surface area contributed by atoms with E-state index in [1.807, 2.05) is 24.4 Å². The van der Waals surface area contributed by atoms with Crippen LogP contribution in [0.5, 0.6) is 0 Å². The van der Waals surface area contributed by atoms with E-state index < -0.39 is 0 Å². The number of hydrogen-bond donors (Lipinski definition) is 0. The Kier molecular flexibility index (Phi) is 6.05. The van der Waals surface area contributed by atoms with Gasteiger partial charge in [0.25, 0.3) is 0 Å². The Balaban J connectivity index is 1.34. The van der Waals surface area contributed by atoms with Crippen LogP contribution in [0.2, 0.25) is 0 Å². The summed E-state index contributed by atoms with van der Waals surface area (Å²) in [6, 6.07) is 5.95. The molecule has 0 saturated carbocycles. The van der Waals surface area contributed by atoms with Crippen molar-refractivity contribution in [2.24, 2.45) is 5.41 Å². The van der Waals surface area contributed by atoms with E-state index in [1.165, 1.54) is 19.4 Å². The second-order valence-corrected chi connectivity index (χ2v) is 8.40. The molecule has 0 aromatic carbocycles. The maximum absolute atomic E-state index is 12.5. The molecule has 1 spiro atoms. The zero-order valence-corrected chi connectivity index (χ0v) is 16.3. The number of aromatic nitrogens is 1. The van der Waals surface area contributed by atoms with Crippen LogP contribution >= 0.6 is 0 Å². The van der Waals surface area contributed by atoms with Gasteiger partial charge in [-0.15, -0.1) is 0 Å². The van der Waals surface area contributed by atoms with Gasteiger partial charge < -0.3 is 14.5 Å². The number of amides is 1. The summed E-state index contributed by atoms with van der Waals surface area (Å²) in [6.07, 6.45) is 6.03. The average Bonchev–Trinajstić information content (AvgIpc) is 2.71. The number of carbonyl (C=O) groups excluding carboxylic acids is 1. The fourth-order valence-corrected chi connectivity index (χ4v) is 4.88. The third-order valence-electron chi connectivity index (χ3n) is 6.40. The molecule has 6 heteroatoms. The number of morpholine rings is 1. The summed E-state index contributed by atoms with van der Waals surface area (Å²) >= 11 is 0. The standard InChI is InChI=1S/C21H32N4O2/c26-20-5-7-21(18-25(20)16-19-4-1-2-8-22-19)6-3-9-24(17-21)11-10-23-12-14-27-15-13-23/h1-2,4,8H,3,5-7,9-18H2. The lowest BCUT2D eigenvalue weighted by Crippen LogP contribution is -2.54. The third kappa shape index (κ3) is 4.86. The molecule has 3 saturated heterocycles. The van der Waals surface area contributed by atoms with E-state index in [0.717, 1.165) is 64.6 Å². The maximum Gasteiger partial charge on any atom is 0.222 e. The summed E-state index contributed by atoms with van der Waals surface area (Å²) in [6.45, 7) is 9.99. The Morgan fingerprint density at radius 3 is 2.70 bits per heavy atom. The Labute approximate surface area is 162 Å². The highest BCUT2D eigenvalue weighted by Gasteiger charge is 2.41. The van der Waals surface area contributed by atoms with Crippen molar-refractivity contribution in [3.63, 3.8) is 0 Å². The van der Waals surface area contributed by atoms with Gasteiger partial charge in [0.05, 0.1) is 25.5 Å². The molecule has 4 heterocycles. The number of pyridine rings is 1. The largest absolute Gasteiger partial charge is 0.379 e. The van der Waals surface area contributed by atoms with E-state index in [0.29, 0.717) is 13.0 Å². The van der Waals surface area contributed by atoms with Crippen LogP contribution in [0.3, 0.4) is 0 Å². The molecule has 148 valence electrons. The molecule has 0 bridgehead atoms. The number of piperidine rings is 2. The number of likely N-dealkylation sites (tertiary alicyclic amines) is 2. The highest BCUT2D eigenvalue weighted by molar-refractivity contribution is 5.77. The second-order valence-electron chi connectivity index (χ2n) is 8.40. The summed E-state index contributed by atoms with van der Waals surface area (Å²) in [5, 5.41) is 0. The highest BCUT2D eigenvalue weighted by atomic mass is 16.5. The van der Waals surface area contributed by atoms with Gasteiger partial charge in [0.1, 0.15) is 0 Å². The minimum atomic E-state index is 0.270. The molecule has 3 aliphatic heterocycles. The smallest absolute Gasteiger partial charge is 0.222 e. The number of hydrogen-bond acceptors (Lipinski definition) is 5. The van der Waals surface area contributed by atoms with Crippen molar-refractivity contribution >= 4 is 5.91 Å². The van der Waals surface area contributed by atoms with Gasteiger partial charge in [0, 0.05) is 57.3 Å². The molecule has 27 heavy (non-hydrogen) atoms. The van der Waals surface area contributed by atoms with E-state index in [4.69, 9.17) is 4.74 Å². The summed E-state index contributed by atoms with van der Waals surface area (Å²) in [4.78, 5) is 24.1. The third-order valence-corrected chi connectivity index (χ3v) is 6.40. The minimum absolute atomic E-state index is 0.270. The van der Waals surface area contributed by atoms with Gasteiger partial charge >= 0.3 is 0 Å². The van der Waals surface area contributed by atoms with Crippen LogP contribution in [-0.2, 0) is 16.1 Å². The predicted molar refractivity (Wildman–Crippen MR) is 104 cm³/mol. The Morgan fingerprint density at radius 1 is 1.04 bits per heavy atom. The van der Waals surface area contributed by atoms with Gasteiger partial charge in [0.2, 0.25) is 5.91 Å². The van der Waals surface area contributed by atoms with Gasteiger partial charge in [-0.3, -0.25) is 14.7 Å². The molecule has 0 N–H and O–H groups in total. The number of rotatable bonds is 5. The molecule has 3 fully saturated rings. The van der Waals surface area contributed by atoms with Crippen LogP contribution in [0.4, 0.5) is 0 Å². The first kappa shape index (κ1) is 18.8. The normalized spacial score (nSPS) is 28.0. The van der Waals surface area contributed by atoms with E-state index in [-0.39, 0.29) is 11.3 Å². The first-order valence-electron chi connectivity index (χ1n) is 10.4. The molecule has 1 aromatic rings. The Bertz CT molecular complexity index is 620. The highest BCUT2D eigenvalue weighted by Crippen LogP contribution is 2.39. The topological polar surface area (TPSA) is 48.9 Å². The number of nitrogens with zero attached hydrogens (tertiary/aromatic N) is 4. The Hall–Kier alpha value is -1.50. The van der Waals surface area contributed by atoms with Crippen LogP contribution in [0.25, 0.3) is 0 Å². The first-order valence-corrected chi connectivity index (χ1v) is 10.4. The van der Waals surface area contributed by atoms with Gasteiger partial charge in [-0.2, -0.15) is 0 Å². The minimum Gasteiger partial charge on any atom is -0.379 e. The lowest BCUT2D eigenvalue weighted by atomic mass is 9.73. The molecule has 1 amide bonds. The van der Waals surface area contributed by atoms with E-state index in [2.05, 4.69) is 19.7 Å². The van der Waals surface area contributed by atoms with Crippen molar-refractivity contribution < 1.29 is 9.53 Å². The van der Waals surface area contributed by atoms with Crippen LogP contribution in [0, 0.1) is 5.41 Å². The Morgan fingerprint density at radius 2 is 1.89 bits per heavy atom. The van der Waals surface area contributed by atoms with Crippen LogP contribution in [-0.4, -0.2) is 84.6 Å². The number of ether oxygens (including phenoxy) is 1. The molecular formula is C21H32N4O2. The van der Waals surface area contributed by atoms with Crippen molar-refractivity contribution in [3.05, 3.63) is 30.1 Å². The van der Waals surface area contributed by atoms with Crippen LogP contribution in [0.15, 0.2) is 24.4 Å². The van der Waals surface area contributed by atoms with Gasteiger partial charge in [-0.1, -0.05) is 6.07 Å². The molecule has 1 aromatic heterocycles. The fraction of sp³-hybridized carbons (Fsp3) is 0.714. The SMILES string of the molecule is O=C1CCC2(CCCN(CCN3CCOCC3)C2)CN1Cc1ccccn1. The average molecular weight is 373 g/mol. The van der Waals surface area contributed by atoms with Crippen molar-refractivity contribution in [1.29, 1.82) is 0 Å². The van der Waals surface area contributed by atoms with Crippen molar-refractivity contribution in [3.8, 4) is 0 Å². The molecule has 1 unspecified atom stereocenters. The van der Waals surface area contributed by atoms with E-state index in [1.54, 1.807) is 0 Å². The first-order chi connectivity index (χ1) is 13.2. The fourth-order valence-electron chi connectivity index (χ4n) is 4.88. The van der Waals surface area contributed by atoms with Crippen LogP contribution < -0.4 is 0 Å². The molecule has 6 nitrogen and oxygen atoms in total. The second kappa shape index (κ2) is 8.67. The van der Waals surface area contributed by atoms with Crippen molar-refractivity contribution in [2.45, 2.75) is 32.2 Å². The van der Waals surface area contributed by atoms with Gasteiger partial charge in [-0.25, -0.2) is 0 Å². The summed E-state index contributed by atoms with van der Waals surface area (Å²) < 4.78 is 5.45. The van der Waals surface area contributed by atoms with Gasteiger partial charge in [-0.05, 0) is 37.9 Å². The molecule has 0 aliphatic carbocycles. The lowest BCUT2D eigenvalue weighted by Gasteiger charge is -2.48. The molecule has 1 atom stereocenters. The van der Waals surface area contributed by atoms with E-state index >= 15 is 0 Å². The summed E-state index contributed by atoms with van der Waals surface area (Å²) in [7, 11) is 0. The molecule has 3 aliphatic rings. The predicted octanol–water partition coefficient (Wildman–Crippen LogP) is 1.62. The summed E-state index contributed by atoms with van der Waals surface area (Å²) in [5.74, 6) is 0.289. The van der Waals surface area contributed by atoms with Gasteiger partial charge in [0.15, 0.2) is 0 Å². The number of carbonyl (C=O) groups is 1. The lowest BCUT2D eigenvalue weighted by molar-refractivity contribution is -0.140. The molecular weight excluding hydrogens is 340 g/mol. The zero-order valence-electron chi connectivity index (χ0n) is 16.3. The summed E-state index contributed by atoms with van der Waals surface area (Å²) in [5.41, 5.74) is 1.26. The quantitative estimate of drug-likeness (QED) is 0.786. The van der Waals surface area contributed by atoms with Crippen LogP contribution in [0.1, 0.15) is 31.4 Å². The van der Waals surface area contributed by atoms with E-state index in [9.17, 15) is 4.79 Å². The zero-order chi connectivity index (χ0) is 18.5. The van der Waals surface area contributed by atoms with Crippen molar-refractivity contribution in [1.82, 2.24) is 19.7 Å². The monoisotopic (exact) mass is 372 g/mol.